The number of rotatable bonds is 5. The van der Waals surface area contributed by atoms with Crippen molar-refractivity contribution in [1.82, 2.24) is 4.90 Å². The number of carbonyl (C=O) groups excluding carboxylic acids is 2. The maximum atomic E-state index is 12.5. The van der Waals surface area contributed by atoms with E-state index in [4.69, 9.17) is 11.6 Å². The number of piperazine rings is 1. The molecule has 29 heavy (non-hydrogen) atoms. The maximum absolute atomic E-state index is 12.5. The van der Waals surface area contributed by atoms with Gasteiger partial charge < -0.3 is 15.1 Å². The van der Waals surface area contributed by atoms with E-state index in [0.717, 1.165) is 25.2 Å². The molecular formula is C23H28ClN3O2. The molecular weight excluding hydrogens is 386 g/mol. The van der Waals surface area contributed by atoms with Crippen LogP contribution in [0.25, 0.3) is 0 Å². The Morgan fingerprint density at radius 2 is 1.69 bits per heavy atom. The molecule has 154 valence electrons. The third-order valence-electron chi connectivity index (χ3n) is 5.26. The Kier molecular flexibility index (Phi) is 6.80. The second-order valence-electron chi connectivity index (χ2n) is 7.64. The third-order valence-corrected chi connectivity index (χ3v) is 5.56. The minimum Gasteiger partial charge on any atom is -0.367 e. The lowest BCUT2D eigenvalue weighted by atomic mass is 10.1. The van der Waals surface area contributed by atoms with E-state index >= 15 is 0 Å². The van der Waals surface area contributed by atoms with Crippen LogP contribution in [0.3, 0.4) is 0 Å². The van der Waals surface area contributed by atoms with Gasteiger partial charge in [0.1, 0.15) is 0 Å². The lowest BCUT2D eigenvalue weighted by Crippen LogP contribution is -2.50. The number of anilines is 2. The minimum atomic E-state index is -0.155. The SMILES string of the molecule is CCc1ccc(C(=O)Nc2ccc(N3CCN(C(=O)C(C)C)CC3)c(Cl)c2)cc1. The van der Waals surface area contributed by atoms with E-state index in [9.17, 15) is 9.59 Å². The molecule has 1 heterocycles. The van der Waals surface area contributed by atoms with Gasteiger partial charge in [0, 0.05) is 43.3 Å². The molecule has 0 radical (unpaired) electrons. The van der Waals surface area contributed by atoms with Crippen LogP contribution in [0.4, 0.5) is 11.4 Å². The highest BCUT2D eigenvalue weighted by molar-refractivity contribution is 6.33. The summed E-state index contributed by atoms with van der Waals surface area (Å²) in [5.41, 5.74) is 3.41. The van der Waals surface area contributed by atoms with Gasteiger partial charge in [0.25, 0.3) is 5.91 Å². The van der Waals surface area contributed by atoms with Crippen LogP contribution in [-0.4, -0.2) is 42.9 Å². The molecule has 0 unspecified atom stereocenters. The molecule has 0 spiro atoms. The number of hydrogen-bond acceptors (Lipinski definition) is 3. The number of aryl methyl sites for hydroxylation is 1. The monoisotopic (exact) mass is 413 g/mol. The molecule has 0 aromatic heterocycles. The van der Waals surface area contributed by atoms with E-state index in [0.29, 0.717) is 29.4 Å². The molecule has 2 aromatic rings. The Labute approximate surface area is 177 Å². The van der Waals surface area contributed by atoms with Gasteiger partial charge in [-0.25, -0.2) is 0 Å². The summed E-state index contributed by atoms with van der Waals surface area (Å²) >= 11 is 6.51. The number of hydrogen-bond donors (Lipinski definition) is 1. The molecule has 0 saturated carbocycles. The molecule has 5 nitrogen and oxygen atoms in total. The normalized spacial score (nSPS) is 14.2. The Morgan fingerprint density at radius 1 is 1.03 bits per heavy atom. The first kappa shape index (κ1) is 21.2. The van der Waals surface area contributed by atoms with Crippen molar-refractivity contribution in [2.24, 2.45) is 5.92 Å². The van der Waals surface area contributed by atoms with Gasteiger partial charge in [-0.2, -0.15) is 0 Å². The molecule has 2 amide bonds. The average Bonchev–Trinajstić information content (AvgIpc) is 2.73. The number of carbonyl (C=O) groups is 2. The molecule has 1 saturated heterocycles. The van der Waals surface area contributed by atoms with E-state index < -0.39 is 0 Å². The Bertz CT molecular complexity index is 872. The topological polar surface area (TPSA) is 52.7 Å². The standard InChI is InChI=1S/C23H28ClN3O2/c1-4-17-5-7-18(8-6-17)22(28)25-19-9-10-21(20(24)15-19)26-11-13-27(14-12-26)23(29)16(2)3/h5-10,15-16H,4,11-14H2,1-3H3,(H,25,28). The molecule has 1 fully saturated rings. The number of nitrogens with one attached hydrogen (secondary N) is 1. The molecule has 0 bridgehead atoms. The highest BCUT2D eigenvalue weighted by Crippen LogP contribution is 2.30. The zero-order chi connectivity index (χ0) is 21.0. The molecule has 2 aromatic carbocycles. The zero-order valence-corrected chi connectivity index (χ0v) is 18.0. The van der Waals surface area contributed by atoms with Gasteiger partial charge in [0.05, 0.1) is 10.7 Å². The second-order valence-corrected chi connectivity index (χ2v) is 8.05. The van der Waals surface area contributed by atoms with Gasteiger partial charge in [-0.05, 0) is 42.3 Å². The van der Waals surface area contributed by atoms with Crippen LogP contribution in [0.1, 0.15) is 36.7 Å². The average molecular weight is 414 g/mol. The van der Waals surface area contributed by atoms with E-state index in [1.165, 1.54) is 5.56 Å². The predicted molar refractivity (Wildman–Crippen MR) is 119 cm³/mol. The summed E-state index contributed by atoms with van der Waals surface area (Å²) in [4.78, 5) is 28.7. The molecule has 6 heteroatoms. The zero-order valence-electron chi connectivity index (χ0n) is 17.2. The van der Waals surface area contributed by atoms with Gasteiger partial charge in [-0.1, -0.05) is 44.5 Å². The smallest absolute Gasteiger partial charge is 0.255 e. The van der Waals surface area contributed by atoms with Crippen LogP contribution < -0.4 is 10.2 Å². The quantitative estimate of drug-likeness (QED) is 0.787. The first-order valence-electron chi connectivity index (χ1n) is 10.1. The van der Waals surface area contributed by atoms with Crippen molar-refractivity contribution in [3.8, 4) is 0 Å². The number of nitrogens with zero attached hydrogens (tertiary/aromatic N) is 2. The second kappa shape index (κ2) is 9.31. The third kappa shape index (κ3) is 5.10. The summed E-state index contributed by atoms with van der Waals surface area (Å²) in [6, 6.07) is 13.2. The highest BCUT2D eigenvalue weighted by atomic mass is 35.5. The van der Waals surface area contributed by atoms with Crippen molar-refractivity contribution in [3.63, 3.8) is 0 Å². The molecule has 1 aliphatic rings. The first-order chi connectivity index (χ1) is 13.9. The van der Waals surface area contributed by atoms with Crippen LogP contribution in [0, 0.1) is 5.92 Å². The van der Waals surface area contributed by atoms with Crippen LogP contribution in [0.15, 0.2) is 42.5 Å². The van der Waals surface area contributed by atoms with Crippen LogP contribution >= 0.6 is 11.6 Å². The predicted octanol–water partition coefficient (Wildman–Crippen LogP) is 4.46. The van der Waals surface area contributed by atoms with Gasteiger partial charge in [0.2, 0.25) is 5.91 Å². The number of halogens is 1. The van der Waals surface area contributed by atoms with Crippen molar-refractivity contribution in [2.45, 2.75) is 27.2 Å². The summed E-state index contributed by atoms with van der Waals surface area (Å²) in [5.74, 6) is 0.0595. The fraction of sp³-hybridized carbons (Fsp3) is 0.391. The van der Waals surface area contributed by atoms with E-state index in [2.05, 4.69) is 17.1 Å². The fourth-order valence-electron chi connectivity index (χ4n) is 3.47. The van der Waals surface area contributed by atoms with Crippen LogP contribution in [0.5, 0.6) is 0 Å². The van der Waals surface area contributed by atoms with Gasteiger partial charge in [-0.3, -0.25) is 9.59 Å². The molecule has 0 atom stereocenters. The summed E-state index contributed by atoms with van der Waals surface area (Å²) in [6.45, 7) is 8.81. The Morgan fingerprint density at radius 3 is 2.24 bits per heavy atom. The van der Waals surface area contributed by atoms with Crippen molar-refractivity contribution < 1.29 is 9.59 Å². The lowest BCUT2D eigenvalue weighted by molar-refractivity contribution is -0.134. The van der Waals surface area contributed by atoms with Crippen molar-refractivity contribution in [2.75, 3.05) is 36.4 Å². The lowest BCUT2D eigenvalue weighted by Gasteiger charge is -2.37. The number of benzene rings is 2. The Hall–Kier alpha value is -2.53. The van der Waals surface area contributed by atoms with Crippen LogP contribution in [0.2, 0.25) is 5.02 Å². The molecule has 1 aliphatic heterocycles. The molecule has 0 aliphatic carbocycles. The molecule has 1 N–H and O–H groups in total. The summed E-state index contributed by atoms with van der Waals surface area (Å²) in [5, 5.41) is 3.50. The van der Waals surface area contributed by atoms with Crippen molar-refractivity contribution >= 4 is 34.8 Å². The first-order valence-corrected chi connectivity index (χ1v) is 10.5. The summed E-state index contributed by atoms with van der Waals surface area (Å²) < 4.78 is 0. The summed E-state index contributed by atoms with van der Waals surface area (Å²) in [7, 11) is 0. The fourth-order valence-corrected chi connectivity index (χ4v) is 3.77. The molecule has 3 rings (SSSR count). The largest absolute Gasteiger partial charge is 0.367 e. The van der Waals surface area contributed by atoms with E-state index in [1.54, 1.807) is 6.07 Å². The Balaban J connectivity index is 1.63. The number of amides is 2. The summed E-state index contributed by atoms with van der Waals surface area (Å²) in [6.07, 6.45) is 0.943. The van der Waals surface area contributed by atoms with Crippen molar-refractivity contribution in [1.29, 1.82) is 0 Å². The van der Waals surface area contributed by atoms with Gasteiger partial charge >= 0.3 is 0 Å². The van der Waals surface area contributed by atoms with Gasteiger partial charge in [-0.15, -0.1) is 0 Å². The highest BCUT2D eigenvalue weighted by Gasteiger charge is 2.24. The maximum Gasteiger partial charge on any atom is 0.255 e. The van der Waals surface area contributed by atoms with Crippen LogP contribution in [-0.2, 0) is 11.2 Å². The minimum absolute atomic E-state index is 0.0196. The van der Waals surface area contributed by atoms with Gasteiger partial charge in [0.15, 0.2) is 0 Å². The van der Waals surface area contributed by atoms with E-state index in [1.807, 2.05) is 55.1 Å². The van der Waals surface area contributed by atoms with E-state index in [-0.39, 0.29) is 17.7 Å². The van der Waals surface area contributed by atoms with Crippen molar-refractivity contribution in [3.05, 3.63) is 58.6 Å².